The lowest BCUT2D eigenvalue weighted by Gasteiger charge is -2.13. The lowest BCUT2D eigenvalue weighted by atomic mass is 10.1. The van der Waals surface area contributed by atoms with Crippen LogP contribution in [-0.4, -0.2) is 15.5 Å². The Morgan fingerprint density at radius 3 is 2.33 bits per heavy atom. The number of hydrogen-bond donors (Lipinski definition) is 0. The maximum absolute atomic E-state index is 12.3. The van der Waals surface area contributed by atoms with E-state index in [1.807, 2.05) is 0 Å². The molecular formula is C13H8Br2ClNO4. The van der Waals surface area contributed by atoms with Crippen molar-refractivity contribution >= 4 is 55.1 Å². The Morgan fingerprint density at radius 1 is 1.19 bits per heavy atom. The zero-order valence-electron chi connectivity index (χ0n) is 10.3. The molecule has 0 spiro atoms. The van der Waals surface area contributed by atoms with Crippen molar-refractivity contribution in [3.05, 3.63) is 62.9 Å². The molecule has 110 valence electrons. The summed E-state index contributed by atoms with van der Waals surface area (Å²) in [7, 11) is 0. The van der Waals surface area contributed by atoms with E-state index in [2.05, 4.69) is 31.9 Å². The number of alkyl halides is 2. The van der Waals surface area contributed by atoms with Crippen molar-refractivity contribution in [1.82, 2.24) is 0 Å². The predicted molar refractivity (Wildman–Crippen MR) is 85.5 cm³/mol. The van der Waals surface area contributed by atoms with E-state index in [1.54, 1.807) is 24.3 Å². The van der Waals surface area contributed by atoms with Crippen molar-refractivity contribution in [2.75, 3.05) is 0 Å². The predicted octanol–water partition coefficient (Wildman–Crippen LogP) is 4.92. The van der Waals surface area contributed by atoms with Gasteiger partial charge in [0.25, 0.3) is 0 Å². The maximum Gasteiger partial charge on any atom is 0.433 e. The summed E-state index contributed by atoms with van der Waals surface area (Å²) in [6, 6.07) is 9.18. The molecule has 2 atom stereocenters. The van der Waals surface area contributed by atoms with E-state index in [9.17, 15) is 14.9 Å². The van der Waals surface area contributed by atoms with Crippen LogP contribution in [0.4, 0.5) is 5.88 Å². The third-order valence-electron chi connectivity index (χ3n) is 2.70. The number of nitro groups is 1. The fourth-order valence-electron chi connectivity index (χ4n) is 1.64. The first-order valence-corrected chi connectivity index (χ1v) is 7.93. The summed E-state index contributed by atoms with van der Waals surface area (Å²) >= 11 is 12.4. The Balaban J connectivity index is 2.17. The summed E-state index contributed by atoms with van der Waals surface area (Å²) in [6.45, 7) is 0. The number of nitrogens with zero attached hydrogens (tertiary/aromatic N) is 1. The number of halogens is 3. The minimum Gasteiger partial charge on any atom is -0.405 e. The molecule has 0 N–H and O–H groups in total. The molecule has 0 saturated carbocycles. The number of carbonyl (C=O) groups is 1. The monoisotopic (exact) mass is 435 g/mol. The van der Waals surface area contributed by atoms with Crippen LogP contribution in [0.15, 0.2) is 40.8 Å². The van der Waals surface area contributed by atoms with Gasteiger partial charge < -0.3 is 4.42 Å². The normalized spacial score (nSPS) is 13.7. The Bertz CT molecular complexity index is 671. The third kappa shape index (κ3) is 3.72. The number of carbonyl (C=O) groups excluding carboxylic acids is 1. The second-order valence-corrected chi connectivity index (χ2v) is 6.52. The molecule has 0 aliphatic rings. The lowest BCUT2D eigenvalue weighted by Crippen LogP contribution is -2.18. The van der Waals surface area contributed by atoms with E-state index in [-0.39, 0.29) is 11.7 Å². The lowest BCUT2D eigenvalue weighted by molar-refractivity contribution is -0.402. The van der Waals surface area contributed by atoms with Crippen LogP contribution in [0.25, 0.3) is 0 Å². The van der Waals surface area contributed by atoms with Crippen LogP contribution in [0, 0.1) is 10.1 Å². The van der Waals surface area contributed by atoms with E-state index >= 15 is 0 Å². The molecule has 1 heterocycles. The number of furan rings is 1. The van der Waals surface area contributed by atoms with Gasteiger partial charge in [0.1, 0.15) is 10.7 Å². The van der Waals surface area contributed by atoms with Crippen molar-refractivity contribution in [3.63, 3.8) is 0 Å². The molecular weight excluding hydrogens is 429 g/mol. The summed E-state index contributed by atoms with van der Waals surface area (Å²) < 4.78 is 5.08. The van der Waals surface area contributed by atoms with Crippen LogP contribution in [0.3, 0.4) is 0 Å². The zero-order valence-corrected chi connectivity index (χ0v) is 14.3. The Morgan fingerprint density at radius 2 is 1.81 bits per heavy atom. The van der Waals surface area contributed by atoms with Crippen LogP contribution in [0.1, 0.15) is 20.9 Å². The van der Waals surface area contributed by atoms with Gasteiger partial charge in [0.2, 0.25) is 0 Å². The van der Waals surface area contributed by atoms with E-state index in [0.717, 1.165) is 0 Å². The highest BCUT2D eigenvalue weighted by molar-refractivity contribution is 9.12. The summed E-state index contributed by atoms with van der Waals surface area (Å²) in [6.07, 6.45) is 0. The van der Waals surface area contributed by atoms with E-state index in [0.29, 0.717) is 16.3 Å². The molecule has 1 aromatic carbocycles. The average molecular weight is 437 g/mol. The van der Waals surface area contributed by atoms with Gasteiger partial charge in [-0.15, -0.1) is 0 Å². The zero-order chi connectivity index (χ0) is 15.6. The highest BCUT2D eigenvalue weighted by Crippen LogP contribution is 2.35. The first-order valence-electron chi connectivity index (χ1n) is 5.72. The molecule has 8 heteroatoms. The average Bonchev–Trinajstić information content (AvgIpc) is 2.96. The van der Waals surface area contributed by atoms with Crippen LogP contribution in [0.2, 0.25) is 5.02 Å². The fourth-order valence-corrected chi connectivity index (χ4v) is 2.78. The quantitative estimate of drug-likeness (QED) is 0.288. The number of hydrogen-bond acceptors (Lipinski definition) is 4. The molecule has 0 fully saturated rings. The molecule has 1 aromatic heterocycles. The number of benzene rings is 1. The second-order valence-electron chi connectivity index (χ2n) is 4.11. The Kier molecular flexibility index (Phi) is 5.18. The van der Waals surface area contributed by atoms with Crippen LogP contribution < -0.4 is 0 Å². The highest BCUT2D eigenvalue weighted by atomic mass is 79.9. The molecule has 2 rings (SSSR count). The van der Waals surface area contributed by atoms with Gasteiger partial charge in [-0.2, -0.15) is 0 Å². The minimum absolute atomic E-state index is 0.187. The standard InChI is InChI=1S/C13H8Br2ClNO4/c14-11(9-5-6-10(21-9)17(19)20)12(15)13(18)7-1-3-8(16)4-2-7/h1-6,11-12H/t11-,12-/m0/s1. The fraction of sp³-hybridized carbons (Fsp3) is 0.154. The van der Waals surface area contributed by atoms with E-state index in [1.165, 1.54) is 12.1 Å². The molecule has 0 saturated heterocycles. The van der Waals surface area contributed by atoms with Crippen LogP contribution >= 0.6 is 43.5 Å². The number of rotatable bonds is 5. The van der Waals surface area contributed by atoms with Gasteiger partial charge in [0.05, 0.1) is 15.7 Å². The molecule has 21 heavy (non-hydrogen) atoms. The summed E-state index contributed by atoms with van der Waals surface area (Å²) in [4.78, 5) is 21.1. The summed E-state index contributed by atoms with van der Waals surface area (Å²) in [5.74, 6) is -0.258. The van der Waals surface area contributed by atoms with Gasteiger partial charge in [0.15, 0.2) is 5.78 Å². The summed E-state index contributed by atoms with van der Waals surface area (Å²) in [5, 5.41) is 11.1. The van der Waals surface area contributed by atoms with E-state index < -0.39 is 14.6 Å². The third-order valence-corrected chi connectivity index (χ3v) is 5.59. The molecule has 0 amide bonds. The van der Waals surface area contributed by atoms with Gasteiger partial charge in [-0.1, -0.05) is 43.5 Å². The number of ketones is 1. The Labute approximate surface area is 141 Å². The van der Waals surface area contributed by atoms with Crippen molar-refractivity contribution in [2.45, 2.75) is 9.65 Å². The van der Waals surface area contributed by atoms with Crippen LogP contribution in [0.5, 0.6) is 0 Å². The van der Waals surface area contributed by atoms with Gasteiger partial charge in [-0.25, -0.2) is 0 Å². The van der Waals surface area contributed by atoms with Crippen molar-refractivity contribution < 1.29 is 14.1 Å². The largest absolute Gasteiger partial charge is 0.433 e. The van der Waals surface area contributed by atoms with Crippen molar-refractivity contribution in [1.29, 1.82) is 0 Å². The molecule has 0 radical (unpaired) electrons. The second kappa shape index (κ2) is 6.72. The smallest absolute Gasteiger partial charge is 0.405 e. The Hall–Kier alpha value is -1.18. The molecule has 0 unspecified atom stereocenters. The van der Waals surface area contributed by atoms with Gasteiger partial charge in [-0.05, 0) is 30.3 Å². The molecule has 5 nitrogen and oxygen atoms in total. The number of Topliss-reactive ketones (excluding diaryl/α,β-unsaturated/α-hetero) is 1. The maximum atomic E-state index is 12.3. The minimum atomic E-state index is -0.635. The molecule has 0 aliphatic heterocycles. The topological polar surface area (TPSA) is 73.3 Å². The first kappa shape index (κ1) is 16.2. The summed E-state index contributed by atoms with van der Waals surface area (Å²) in [5.41, 5.74) is 0.479. The van der Waals surface area contributed by atoms with Gasteiger partial charge >= 0.3 is 5.88 Å². The SMILES string of the molecule is O=C(c1ccc(Cl)cc1)[C@@H](Br)[C@@H](Br)c1ccc([N+](=O)[O-])o1. The molecule has 2 aromatic rings. The first-order chi connectivity index (χ1) is 9.90. The van der Waals surface area contributed by atoms with Gasteiger partial charge in [0, 0.05) is 10.6 Å². The van der Waals surface area contributed by atoms with Crippen molar-refractivity contribution in [2.24, 2.45) is 0 Å². The highest BCUT2D eigenvalue weighted by Gasteiger charge is 2.29. The van der Waals surface area contributed by atoms with E-state index in [4.69, 9.17) is 16.0 Å². The molecule has 0 aliphatic carbocycles. The van der Waals surface area contributed by atoms with Gasteiger partial charge in [-0.3, -0.25) is 14.9 Å². The molecule has 0 bridgehead atoms. The van der Waals surface area contributed by atoms with Crippen molar-refractivity contribution in [3.8, 4) is 0 Å². The van der Waals surface area contributed by atoms with Crippen LogP contribution in [-0.2, 0) is 0 Å².